The SMILES string of the molecule is CN(CCCOc1ccc(CN)cc1)CC1CC(O)C1. The lowest BCUT2D eigenvalue weighted by Crippen LogP contribution is -2.37. The Morgan fingerprint density at radius 2 is 2.00 bits per heavy atom. The maximum Gasteiger partial charge on any atom is 0.119 e. The van der Waals surface area contributed by atoms with Crippen LogP contribution in [-0.2, 0) is 6.54 Å². The van der Waals surface area contributed by atoms with Gasteiger partial charge in [-0.2, -0.15) is 0 Å². The van der Waals surface area contributed by atoms with Crippen molar-refractivity contribution in [1.82, 2.24) is 4.90 Å². The predicted molar refractivity (Wildman–Crippen MR) is 80.7 cm³/mol. The summed E-state index contributed by atoms with van der Waals surface area (Å²) in [7, 11) is 2.14. The molecule has 1 aromatic rings. The number of hydrogen-bond donors (Lipinski definition) is 2. The number of aliphatic hydroxyl groups is 1. The van der Waals surface area contributed by atoms with Crippen LogP contribution in [0, 0.1) is 5.92 Å². The molecule has 1 fully saturated rings. The van der Waals surface area contributed by atoms with Crippen molar-refractivity contribution in [3.63, 3.8) is 0 Å². The molecular weight excluding hydrogens is 252 g/mol. The summed E-state index contributed by atoms with van der Waals surface area (Å²) in [5.74, 6) is 1.59. The minimum atomic E-state index is -0.0479. The van der Waals surface area contributed by atoms with Crippen LogP contribution in [0.1, 0.15) is 24.8 Å². The third kappa shape index (κ3) is 4.78. The third-order valence-electron chi connectivity index (χ3n) is 3.89. The molecule has 1 saturated carbocycles. The van der Waals surface area contributed by atoms with E-state index >= 15 is 0 Å². The van der Waals surface area contributed by atoms with E-state index in [1.807, 2.05) is 24.3 Å². The molecule has 112 valence electrons. The molecule has 0 bridgehead atoms. The molecule has 0 aromatic heterocycles. The fraction of sp³-hybridized carbons (Fsp3) is 0.625. The largest absolute Gasteiger partial charge is 0.494 e. The minimum absolute atomic E-state index is 0.0479. The molecule has 1 aliphatic rings. The van der Waals surface area contributed by atoms with Crippen LogP contribution in [0.4, 0.5) is 0 Å². The summed E-state index contributed by atoms with van der Waals surface area (Å²) in [6, 6.07) is 7.95. The summed E-state index contributed by atoms with van der Waals surface area (Å²) in [5, 5.41) is 9.26. The number of aliphatic hydroxyl groups excluding tert-OH is 1. The van der Waals surface area contributed by atoms with Crippen LogP contribution in [0.5, 0.6) is 5.75 Å². The molecule has 0 amide bonds. The second-order valence-corrected chi connectivity index (χ2v) is 5.80. The van der Waals surface area contributed by atoms with E-state index in [0.717, 1.165) is 50.3 Å². The van der Waals surface area contributed by atoms with Gasteiger partial charge >= 0.3 is 0 Å². The summed E-state index contributed by atoms with van der Waals surface area (Å²) < 4.78 is 5.71. The van der Waals surface area contributed by atoms with Crippen molar-refractivity contribution in [2.75, 3.05) is 26.7 Å². The van der Waals surface area contributed by atoms with Crippen LogP contribution in [-0.4, -0.2) is 42.9 Å². The zero-order valence-corrected chi connectivity index (χ0v) is 12.3. The van der Waals surface area contributed by atoms with Gasteiger partial charge in [-0.05, 0) is 49.9 Å². The van der Waals surface area contributed by atoms with Gasteiger partial charge in [-0.25, -0.2) is 0 Å². The molecule has 0 heterocycles. The van der Waals surface area contributed by atoms with Gasteiger partial charge in [0.1, 0.15) is 5.75 Å². The maximum atomic E-state index is 9.26. The first-order chi connectivity index (χ1) is 9.67. The third-order valence-corrected chi connectivity index (χ3v) is 3.89. The highest BCUT2D eigenvalue weighted by atomic mass is 16.5. The molecule has 0 aliphatic heterocycles. The van der Waals surface area contributed by atoms with Crippen LogP contribution in [0.3, 0.4) is 0 Å². The Morgan fingerprint density at radius 3 is 2.60 bits per heavy atom. The van der Waals surface area contributed by atoms with Crippen molar-refractivity contribution in [3.8, 4) is 5.75 Å². The summed E-state index contributed by atoms with van der Waals surface area (Å²) in [6.45, 7) is 3.43. The molecule has 0 radical (unpaired) electrons. The Bertz CT molecular complexity index is 388. The van der Waals surface area contributed by atoms with Gasteiger partial charge < -0.3 is 20.5 Å². The predicted octanol–water partition coefficient (Wildman–Crippen LogP) is 1.62. The van der Waals surface area contributed by atoms with Crippen LogP contribution in [0.15, 0.2) is 24.3 Å². The Hall–Kier alpha value is -1.10. The lowest BCUT2D eigenvalue weighted by atomic mass is 9.82. The number of rotatable bonds is 8. The number of nitrogens with two attached hydrogens (primary N) is 1. The molecule has 3 N–H and O–H groups in total. The molecule has 2 rings (SSSR count). The van der Waals surface area contributed by atoms with E-state index in [4.69, 9.17) is 10.5 Å². The summed E-state index contributed by atoms with van der Waals surface area (Å²) in [6.07, 6.45) is 2.90. The van der Waals surface area contributed by atoms with E-state index in [1.165, 1.54) is 0 Å². The second-order valence-electron chi connectivity index (χ2n) is 5.80. The zero-order chi connectivity index (χ0) is 14.4. The first kappa shape index (κ1) is 15.3. The molecule has 0 spiro atoms. The minimum Gasteiger partial charge on any atom is -0.494 e. The van der Waals surface area contributed by atoms with Crippen LogP contribution >= 0.6 is 0 Å². The Balaban J connectivity index is 1.56. The van der Waals surface area contributed by atoms with Crippen molar-refractivity contribution in [2.24, 2.45) is 11.7 Å². The molecule has 4 heteroatoms. The first-order valence-electron chi connectivity index (χ1n) is 7.46. The average molecular weight is 278 g/mol. The van der Waals surface area contributed by atoms with Gasteiger partial charge in [-0.15, -0.1) is 0 Å². The van der Waals surface area contributed by atoms with Crippen molar-refractivity contribution in [3.05, 3.63) is 29.8 Å². The van der Waals surface area contributed by atoms with Gasteiger partial charge in [0.2, 0.25) is 0 Å². The van der Waals surface area contributed by atoms with Gasteiger partial charge in [0, 0.05) is 19.6 Å². The van der Waals surface area contributed by atoms with Gasteiger partial charge in [0.05, 0.1) is 12.7 Å². The van der Waals surface area contributed by atoms with Crippen LogP contribution in [0.2, 0.25) is 0 Å². The van der Waals surface area contributed by atoms with E-state index in [2.05, 4.69) is 11.9 Å². The maximum absolute atomic E-state index is 9.26. The van der Waals surface area contributed by atoms with Gasteiger partial charge in [-0.1, -0.05) is 12.1 Å². The monoisotopic (exact) mass is 278 g/mol. The van der Waals surface area contributed by atoms with E-state index < -0.39 is 0 Å². The van der Waals surface area contributed by atoms with Gasteiger partial charge in [0.25, 0.3) is 0 Å². The highest BCUT2D eigenvalue weighted by molar-refractivity contribution is 5.26. The number of ether oxygens (including phenoxy) is 1. The fourth-order valence-corrected chi connectivity index (χ4v) is 2.63. The zero-order valence-electron chi connectivity index (χ0n) is 12.3. The molecule has 20 heavy (non-hydrogen) atoms. The molecule has 1 aromatic carbocycles. The lowest BCUT2D eigenvalue weighted by molar-refractivity contribution is 0.0278. The fourth-order valence-electron chi connectivity index (χ4n) is 2.63. The summed E-state index contributed by atoms with van der Waals surface area (Å²) in [5.41, 5.74) is 6.68. The summed E-state index contributed by atoms with van der Waals surface area (Å²) >= 11 is 0. The average Bonchev–Trinajstić information content (AvgIpc) is 2.42. The molecule has 0 saturated heterocycles. The molecule has 4 nitrogen and oxygen atoms in total. The van der Waals surface area contributed by atoms with Crippen LogP contribution < -0.4 is 10.5 Å². The quantitative estimate of drug-likeness (QED) is 0.709. The van der Waals surface area contributed by atoms with Gasteiger partial charge in [0.15, 0.2) is 0 Å². The standard InChI is InChI=1S/C16H26N2O2/c1-18(12-14-9-15(19)10-14)7-2-8-20-16-5-3-13(11-17)4-6-16/h3-6,14-15,19H,2,7-12,17H2,1H3. The van der Waals surface area contributed by atoms with E-state index in [0.29, 0.717) is 12.5 Å². The highest BCUT2D eigenvalue weighted by Crippen LogP contribution is 2.27. The van der Waals surface area contributed by atoms with E-state index in [-0.39, 0.29) is 6.10 Å². The van der Waals surface area contributed by atoms with E-state index in [1.54, 1.807) is 0 Å². The molecule has 0 atom stereocenters. The number of benzene rings is 1. The van der Waals surface area contributed by atoms with Gasteiger partial charge in [-0.3, -0.25) is 0 Å². The number of nitrogens with zero attached hydrogens (tertiary/aromatic N) is 1. The van der Waals surface area contributed by atoms with Crippen molar-refractivity contribution in [2.45, 2.75) is 31.9 Å². The molecular formula is C16H26N2O2. The topological polar surface area (TPSA) is 58.7 Å². The van der Waals surface area contributed by atoms with Crippen molar-refractivity contribution in [1.29, 1.82) is 0 Å². The Kier molecular flexibility index (Phi) is 5.83. The Labute approximate surface area is 121 Å². The normalized spacial score (nSPS) is 21.8. The number of hydrogen-bond acceptors (Lipinski definition) is 4. The first-order valence-corrected chi connectivity index (χ1v) is 7.46. The highest BCUT2D eigenvalue weighted by Gasteiger charge is 2.27. The van der Waals surface area contributed by atoms with E-state index in [9.17, 15) is 5.11 Å². The van der Waals surface area contributed by atoms with Crippen LogP contribution in [0.25, 0.3) is 0 Å². The second kappa shape index (κ2) is 7.62. The van der Waals surface area contributed by atoms with Crippen molar-refractivity contribution >= 4 is 0 Å². The summed E-state index contributed by atoms with van der Waals surface area (Å²) in [4.78, 5) is 2.33. The van der Waals surface area contributed by atoms with Crippen molar-refractivity contribution < 1.29 is 9.84 Å². The molecule has 0 unspecified atom stereocenters. The lowest BCUT2D eigenvalue weighted by Gasteiger charge is -2.34. The smallest absolute Gasteiger partial charge is 0.119 e. The molecule has 1 aliphatic carbocycles. The Morgan fingerprint density at radius 1 is 1.30 bits per heavy atom.